The van der Waals surface area contributed by atoms with Crippen LogP contribution in [-0.2, 0) is 11.2 Å². The Morgan fingerprint density at radius 1 is 1.54 bits per heavy atom. The molecule has 0 aliphatic rings. The fourth-order valence-corrected chi connectivity index (χ4v) is 1.16. The van der Waals surface area contributed by atoms with Gasteiger partial charge in [0.05, 0.1) is 5.69 Å². The van der Waals surface area contributed by atoms with Crippen LogP contribution in [0.25, 0.3) is 0 Å². The van der Waals surface area contributed by atoms with Gasteiger partial charge in [-0.25, -0.2) is 4.98 Å². The molecule has 0 atom stereocenters. The first kappa shape index (κ1) is 9.77. The van der Waals surface area contributed by atoms with Gasteiger partial charge in [0, 0.05) is 26.8 Å². The lowest BCUT2D eigenvalue weighted by atomic mass is 10.3. The van der Waals surface area contributed by atoms with Crippen LogP contribution in [0.3, 0.4) is 0 Å². The SMILES string of the molecule is CC(=O)NCCc1oc(C)nc1C. The van der Waals surface area contributed by atoms with Crippen LogP contribution < -0.4 is 5.32 Å². The summed E-state index contributed by atoms with van der Waals surface area (Å²) in [7, 11) is 0. The van der Waals surface area contributed by atoms with Crippen molar-refractivity contribution < 1.29 is 9.21 Å². The van der Waals surface area contributed by atoms with Gasteiger partial charge >= 0.3 is 0 Å². The van der Waals surface area contributed by atoms with Crippen LogP contribution in [-0.4, -0.2) is 17.4 Å². The molecule has 72 valence electrons. The van der Waals surface area contributed by atoms with Gasteiger partial charge in [0.25, 0.3) is 0 Å². The Kier molecular flexibility index (Phi) is 3.06. The lowest BCUT2D eigenvalue weighted by molar-refractivity contribution is -0.118. The van der Waals surface area contributed by atoms with Crippen LogP contribution in [0, 0.1) is 13.8 Å². The van der Waals surface area contributed by atoms with Gasteiger partial charge in [-0.3, -0.25) is 4.79 Å². The van der Waals surface area contributed by atoms with Gasteiger partial charge in [-0.1, -0.05) is 0 Å². The van der Waals surface area contributed by atoms with E-state index in [0.717, 1.165) is 11.5 Å². The van der Waals surface area contributed by atoms with Crippen molar-refractivity contribution in [3.8, 4) is 0 Å². The molecule has 1 heterocycles. The Labute approximate surface area is 77.3 Å². The molecular weight excluding hydrogens is 168 g/mol. The van der Waals surface area contributed by atoms with E-state index in [-0.39, 0.29) is 5.91 Å². The van der Waals surface area contributed by atoms with Crippen LogP contribution in [0.15, 0.2) is 4.42 Å². The average molecular weight is 182 g/mol. The molecule has 1 N–H and O–H groups in total. The van der Waals surface area contributed by atoms with E-state index >= 15 is 0 Å². The molecule has 13 heavy (non-hydrogen) atoms. The first-order valence-corrected chi connectivity index (χ1v) is 4.27. The normalized spacial score (nSPS) is 10.1. The van der Waals surface area contributed by atoms with Gasteiger partial charge in [-0.15, -0.1) is 0 Å². The number of carbonyl (C=O) groups excluding carboxylic acids is 1. The van der Waals surface area contributed by atoms with Crippen molar-refractivity contribution in [1.82, 2.24) is 10.3 Å². The highest BCUT2D eigenvalue weighted by molar-refractivity contribution is 5.72. The summed E-state index contributed by atoms with van der Waals surface area (Å²) >= 11 is 0. The van der Waals surface area contributed by atoms with Crippen LogP contribution >= 0.6 is 0 Å². The smallest absolute Gasteiger partial charge is 0.216 e. The van der Waals surface area contributed by atoms with E-state index in [1.165, 1.54) is 6.92 Å². The van der Waals surface area contributed by atoms with Crippen molar-refractivity contribution in [3.63, 3.8) is 0 Å². The van der Waals surface area contributed by atoms with Crippen molar-refractivity contribution in [2.75, 3.05) is 6.54 Å². The highest BCUT2D eigenvalue weighted by Gasteiger charge is 2.05. The molecule has 0 aromatic carbocycles. The molecule has 4 heteroatoms. The second kappa shape index (κ2) is 4.07. The van der Waals surface area contributed by atoms with Crippen molar-refractivity contribution in [3.05, 3.63) is 17.3 Å². The number of carbonyl (C=O) groups is 1. The average Bonchev–Trinajstić information content (AvgIpc) is 2.29. The van der Waals surface area contributed by atoms with Gasteiger partial charge in [0.15, 0.2) is 5.89 Å². The quantitative estimate of drug-likeness (QED) is 0.757. The molecule has 0 unspecified atom stereocenters. The van der Waals surface area contributed by atoms with E-state index in [9.17, 15) is 4.79 Å². The maximum atomic E-state index is 10.6. The van der Waals surface area contributed by atoms with E-state index in [1.54, 1.807) is 0 Å². The van der Waals surface area contributed by atoms with Crippen molar-refractivity contribution >= 4 is 5.91 Å². The minimum absolute atomic E-state index is 0.0195. The number of hydrogen-bond donors (Lipinski definition) is 1. The molecule has 0 radical (unpaired) electrons. The number of rotatable bonds is 3. The third-order valence-electron chi connectivity index (χ3n) is 1.73. The summed E-state index contributed by atoms with van der Waals surface area (Å²) in [5.74, 6) is 1.51. The number of nitrogens with zero attached hydrogens (tertiary/aromatic N) is 1. The van der Waals surface area contributed by atoms with Crippen LogP contribution in [0.5, 0.6) is 0 Å². The standard InChI is InChI=1S/C9H14N2O2/c1-6-9(13-8(3)11-6)4-5-10-7(2)12/h4-5H2,1-3H3,(H,10,12). The summed E-state index contributed by atoms with van der Waals surface area (Å²) in [6, 6.07) is 0. The monoisotopic (exact) mass is 182 g/mol. The van der Waals surface area contributed by atoms with Gasteiger partial charge in [0.1, 0.15) is 5.76 Å². The van der Waals surface area contributed by atoms with E-state index in [4.69, 9.17) is 4.42 Å². The molecule has 0 saturated carbocycles. The molecule has 1 rings (SSSR count). The largest absolute Gasteiger partial charge is 0.446 e. The number of aryl methyl sites for hydroxylation is 2. The Balaban J connectivity index is 2.45. The maximum absolute atomic E-state index is 10.6. The summed E-state index contributed by atoms with van der Waals surface area (Å²) in [6.45, 7) is 5.82. The number of hydrogen-bond acceptors (Lipinski definition) is 3. The van der Waals surface area contributed by atoms with Gasteiger partial charge < -0.3 is 9.73 Å². The first-order valence-electron chi connectivity index (χ1n) is 4.27. The molecule has 1 aromatic heterocycles. The molecule has 1 amide bonds. The highest BCUT2D eigenvalue weighted by Crippen LogP contribution is 2.08. The topological polar surface area (TPSA) is 55.1 Å². The molecule has 1 aromatic rings. The summed E-state index contributed by atoms with van der Waals surface area (Å²) in [5.41, 5.74) is 0.905. The Bertz CT molecular complexity index is 305. The highest BCUT2D eigenvalue weighted by atomic mass is 16.4. The Morgan fingerprint density at radius 3 is 2.69 bits per heavy atom. The van der Waals surface area contributed by atoms with Gasteiger partial charge in [-0.05, 0) is 6.92 Å². The minimum Gasteiger partial charge on any atom is -0.446 e. The lowest BCUT2D eigenvalue weighted by Gasteiger charge is -1.98. The van der Waals surface area contributed by atoms with E-state index in [2.05, 4.69) is 10.3 Å². The molecular formula is C9H14N2O2. The zero-order chi connectivity index (χ0) is 9.84. The van der Waals surface area contributed by atoms with E-state index in [1.807, 2.05) is 13.8 Å². The number of oxazole rings is 1. The number of amides is 1. The summed E-state index contributed by atoms with van der Waals surface area (Å²) in [6.07, 6.45) is 0.701. The predicted octanol–water partition coefficient (Wildman–Crippen LogP) is 0.970. The van der Waals surface area contributed by atoms with Gasteiger partial charge in [-0.2, -0.15) is 0 Å². The minimum atomic E-state index is -0.0195. The zero-order valence-electron chi connectivity index (χ0n) is 8.18. The van der Waals surface area contributed by atoms with Crippen molar-refractivity contribution in [1.29, 1.82) is 0 Å². The second-order valence-electron chi connectivity index (χ2n) is 2.97. The molecule has 0 aliphatic carbocycles. The number of aromatic nitrogens is 1. The molecule has 4 nitrogen and oxygen atoms in total. The molecule has 0 saturated heterocycles. The molecule has 0 fully saturated rings. The third kappa shape index (κ3) is 2.89. The summed E-state index contributed by atoms with van der Waals surface area (Å²) in [4.78, 5) is 14.7. The van der Waals surface area contributed by atoms with E-state index < -0.39 is 0 Å². The lowest BCUT2D eigenvalue weighted by Crippen LogP contribution is -2.22. The zero-order valence-corrected chi connectivity index (χ0v) is 8.18. The van der Waals surface area contributed by atoms with Crippen molar-refractivity contribution in [2.24, 2.45) is 0 Å². The molecule has 0 aliphatic heterocycles. The van der Waals surface area contributed by atoms with Gasteiger partial charge in [0.2, 0.25) is 5.91 Å². The first-order chi connectivity index (χ1) is 6.09. The van der Waals surface area contributed by atoms with E-state index in [0.29, 0.717) is 18.9 Å². The second-order valence-corrected chi connectivity index (χ2v) is 2.97. The number of nitrogens with one attached hydrogen (secondary N) is 1. The fourth-order valence-electron chi connectivity index (χ4n) is 1.16. The Morgan fingerprint density at radius 2 is 2.23 bits per heavy atom. The molecule has 0 bridgehead atoms. The Hall–Kier alpha value is -1.32. The summed E-state index contributed by atoms with van der Waals surface area (Å²) in [5, 5.41) is 2.70. The van der Waals surface area contributed by atoms with Crippen LogP contribution in [0.1, 0.15) is 24.3 Å². The fraction of sp³-hybridized carbons (Fsp3) is 0.556. The molecule has 0 spiro atoms. The third-order valence-corrected chi connectivity index (χ3v) is 1.73. The van der Waals surface area contributed by atoms with Crippen LogP contribution in [0.2, 0.25) is 0 Å². The van der Waals surface area contributed by atoms with Crippen LogP contribution in [0.4, 0.5) is 0 Å². The summed E-state index contributed by atoms with van der Waals surface area (Å²) < 4.78 is 5.33. The van der Waals surface area contributed by atoms with Crippen molar-refractivity contribution in [2.45, 2.75) is 27.2 Å². The predicted molar refractivity (Wildman–Crippen MR) is 48.4 cm³/mol. The maximum Gasteiger partial charge on any atom is 0.216 e.